The number of hydrogen-bond donors (Lipinski definition) is 2. The van der Waals surface area contributed by atoms with Crippen LogP contribution >= 0.6 is 0 Å². The van der Waals surface area contributed by atoms with Gasteiger partial charge in [0.1, 0.15) is 0 Å². The van der Waals surface area contributed by atoms with Gasteiger partial charge in [0.2, 0.25) is 5.82 Å². The Labute approximate surface area is 126 Å². The number of rotatable bonds is 3. The zero-order valence-corrected chi connectivity index (χ0v) is 11.2. The third-order valence-electron chi connectivity index (χ3n) is 2.78. The van der Waals surface area contributed by atoms with Crippen LogP contribution in [-0.4, -0.2) is 12.1 Å². The van der Waals surface area contributed by atoms with Gasteiger partial charge in [-0.25, -0.2) is 27.4 Å². The highest BCUT2D eigenvalue weighted by molar-refractivity contribution is 5.95. The van der Waals surface area contributed by atoms with Crippen LogP contribution in [0.25, 0.3) is 0 Å². The van der Waals surface area contributed by atoms with Crippen molar-refractivity contribution in [3.05, 3.63) is 64.5 Å². The van der Waals surface area contributed by atoms with Crippen LogP contribution in [0, 0.1) is 29.1 Å². The Hall–Kier alpha value is -2.97. The van der Waals surface area contributed by atoms with Crippen molar-refractivity contribution in [3.8, 4) is 0 Å². The number of hydrazone groups is 1. The first kappa shape index (κ1) is 16.4. The molecule has 0 aromatic heterocycles. The molecule has 1 amide bonds. The van der Waals surface area contributed by atoms with E-state index in [1.165, 1.54) is 24.3 Å². The average molecular weight is 329 g/mol. The molecule has 0 unspecified atom stereocenters. The number of halogens is 5. The van der Waals surface area contributed by atoms with E-state index in [1.54, 1.807) is 0 Å². The van der Waals surface area contributed by atoms with E-state index >= 15 is 0 Å². The number of nitrogens with zero attached hydrogens (tertiary/aromatic N) is 1. The number of nitrogens with two attached hydrogens (primary N) is 1. The Bertz CT molecular complexity index is 761. The van der Waals surface area contributed by atoms with Gasteiger partial charge in [-0.3, -0.25) is 4.79 Å². The van der Waals surface area contributed by atoms with Gasteiger partial charge in [0.05, 0.1) is 11.8 Å². The van der Waals surface area contributed by atoms with Crippen molar-refractivity contribution in [1.82, 2.24) is 5.43 Å². The summed E-state index contributed by atoms with van der Waals surface area (Å²) in [6, 6.07) is 5.59. The van der Waals surface area contributed by atoms with E-state index in [-0.39, 0.29) is 5.56 Å². The van der Waals surface area contributed by atoms with Gasteiger partial charge in [0, 0.05) is 11.3 Å². The lowest BCUT2D eigenvalue weighted by molar-refractivity contribution is 0.0955. The van der Waals surface area contributed by atoms with Crippen molar-refractivity contribution in [2.75, 3.05) is 5.73 Å². The molecule has 0 atom stereocenters. The lowest BCUT2D eigenvalue weighted by atomic mass is 10.2. The van der Waals surface area contributed by atoms with Gasteiger partial charge in [-0.05, 0) is 24.3 Å². The van der Waals surface area contributed by atoms with E-state index in [4.69, 9.17) is 5.73 Å². The quantitative estimate of drug-likeness (QED) is 0.227. The van der Waals surface area contributed by atoms with Crippen LogP contribution < -0.4 is 11.2 Å². The van der Waals surface area contributed by atoms with Gasteiger partial charge in [-0.2, -0.15) is 5.10 Å². The van der Waals surface area contributed by atoms with Crippen LogP contribution in [0.2, 0.25) is 0 Å². The highest BCUT2D eigenvalue weighted by Gasteiger charge is 2.24. The molecule has 3 N–H and O–H groups in total. The molecule has 2 aromatic carbocycles. The molecule has 0 aliphatic carbocycles. The predicted octanol–water partition coefficient (Wildman–Crippen LogP) is 2.73. The van der Waals surface area contributed by atoms with E-state index in [9.17, 15) is 26.7 Å². The minimum Gasteiger partial charge on any atom is -0.399 e. The van der Waals surface area contributed by atoms with Crippen LogP contribution in [0.5, 0.6) is 0 Å². The van der Waals surface area contributed by atoms with Crippen LogP contribution in [0.1, 0.15) is 15.9 Å². The lowest BCUT2D eigenvalue weighted by Gasteiger charge is -2.04. The second kappa shape index (κ2) is 6.42. The number of nitrogen functional groups attached to an aromatic ring is 1. The number of anilines is 1. The van der Waals surface area contributed by atoms with Crippen molar-refractivity contribution in [2.45, 2.75) is 0 Å². The van der Waals surface area contributed by atoms with Crippen LogP contribution in [0.15, 0.2) is 29.4 Å². The second-order valence-electron chi connectivity index (χ2n) is 4.30. The molecule has 2 rings (SSSR count). The molecule has 0 spiro atoms. The van der Waals surface area contributed by atoms with E-state index < -0.39 is 40.6 Å². The predicted molar refractivity (Wildman–Crippen MR) is 72.1 cm³/mol. The Morgan fingerprint density at radius 1 is 0.913 bits per heavy atom. The Morgan fingerprint density at radius 3 is 1.91 bits per heavy atom. The van der Waals surface area contributed by atoms with Crippen molar-refractivity contribution in [3.63, 3.8) is 0 Å². The van der Waals surface area contributed by atoms with Gasteiger partial charge in [-0.1, -0.05) is 0 Å². The first-order valence-electron chi connectivity index (χ1n) is 6.03. The maximum atomic E-state index is 13.4. The molecular formula is C14H8F5N3O. The molecule has 0 radical (unpaired) electrons. The molecule has 9 heteroatoms. The molecule has 23 heavy (non-hydrogen) atoms. The SMILES string of the molecule is Nc1ccc(C(=O)N/N=C\c2c(F)c(F)c(F)c(F)c2F)cc1. The molecule has 0 heterocycles. The molecule has 2 aromatic rings. The number of carbonyl (C=O) groups is 1. The Kier molecular flexibility index (Phi) is 4.58. The fourth-order valence-electron chi connectivity index (χ4n) is 1.59. The summed E-state index contributed by atoms with van der Waals surface area (Å²) in [6.45, 7) is 0. The summed E-state index contributed by atoms with van der Waals surface area (Å²) in [7, 11) is 0. The van der Waals surface area contributed by atoms with Crippen molar-refractivity contribution >= 4 is 17.8 Å². The maximum Gasteiger partial charge on any atom is 0.271 e. The highest BCUT2D eigenvalue weighted by atomic mass is 19.2. The largest absolute Gasteiger partial charge is 0.399 e. The summed E-state index contributed by atoms with van der Waals surface area (Å²) in [5.41, 5.74) is 6.60. The third kappa shape index (κ3) is 3.28. The number of benzene rings is 2. The zero-order chi connectivity index (χ0) is 17.1. The molecule has 0 saturated carbocycles. The summed E-state index contributed by atoms with van der Waals surface area (Å²) >= 11 is 0. The monoisotopic (exact) mass is 329 g/mol. The maximum absolute atomic E-state index is 13.4. The Morgan fingerprint density at radius 2 is 1.39 bits per heavy atom. The molecule has 120 valence electrons. The van der Waals surface area contributed by atoms with Crippen LogP contribution in [0.3, 0.4) is 0 Å². The van der Waals surface area contributed by atoms with Crippen LogP contribution in [-0.2, 0) is 0 Å². The normalized spacial score (nSPS) is 11.0. The number of amides is 1. The minimum atomic E-state index is -2.27. The molecular weight excluding hydrogens is 321 g/mol. The standard InChI is InChI=1S/C14H8F5N3O/c15-9-8(10(16)12(18)13(19)11(9)17)5-21-22-14(23)6-1-3-7(20)4-2-6/h1-5H,20H2,(H,22,23)/b21-5-. The summed E-state index contributed by atoms with van der Waals surface area (Å²) in [4.78, 5) is 11.6. The highest BCUT2D eigenvalue weighted by Crippen LogP contribution is 2.21. The van der Waals surface area contributed by atoms with Crippen molar-refractivity contribution < 1.29 is 26.7 Å². The summed E-state index contributed by atoms with van der Waals surface area (Å²) in [6.07, 6.45) is 0.325. The zero-order valence-electron chi connectivity index (χ0n) is 11.2. The smallest absolute Gasteiger partial charge is 0.271 e. The fourth-order valence-corrected chi connectivity index (χ4v) is 1.59. The minimum absolute atomic E-state index is 0.133. The van der Waals surface area contributed by atoms with Gasteiger partial charge in [0.15, 0.2) is 23.3 Å². The molecule has 0 saturated heterocycles. The first-order chi connectivity index (χ1) is 10.8. The Balaban J connectivity index is 2.21. The number of hydrogen-bond acceptors (Lipinski definition) is 3. The van der Waals surface area contributed by atoms with E-state index in [2.05, 4.69) is 5.10 Å². The summed E-state index contributed by atoms with van der Waals surface area (Å²) in [5.74, 6) is -11.3. The van der Waals surface area contributed by atoms with Crippen molar-refractivity contribution in [1.29, 1.82) is 0 Å². The first-order valence-corrected chi connectivity index (χ1v) is 6.03. The van der Waals surface area contributed by atoms with Gasteiger partial charge >= 0.3 is 0 Å². The summed E-state index contributed by atoms with van der Waals surface area (Å²) in [5, 5.41) is 3.18. The van der Waals surface area contributed by atoms with Crippen LogP contribution in [0.4, 0.5) is 27.6 Å². The third-order valence-corrected chi connectivity index (χ3v) is 2.78. The van der Waals surface area contributed by atoms with Gasteiger partial charge < -0.3 is 5.73 Å². The lowest BCUT2D eigenvalue weighted by Crippen LogP contribution is -2.18. The molecule has 0 aliphatic heterocycles. The number of nitrogens with one attached hydrogen (secondary N) is 1. The topological polar surface area (TPSA) is 67.5 Å². The molecule has 0 bridgehead atoms. The average Bonchev–Trinajstić information content (AvgIpc) is 2.54. The van der Waals surface area contributed by atoms with E-state index in [1.807, 2.05) is 5.43 Å². The van der Waals surface area contributed by atoms with Gasteiger partial charge in [0.25, 0.3) is 5.91 Å². The second-order valence-corrected chi connectivity index (χ2v) is 4.30. The van der Waals surface area contributed by atoms with Crippen molar-refractivity contribution in [2.24, 2.45) is 5.10 Å². The number of carbonyl (C=O) groups excluding carboxylic acids is 1. The summed E-state index contributed by atoms with van der Waals surface area (Å²) < 4.78 is 65.5. The molecule has 4 nitrogen and oxygen atoms in total. The molecule has 0 fully saturated rings. The molecule has 0 aliphatic rings. The fraction of sp³-hybridized carbons (Fsp3) is 0. The van der Waals surface area contributed by atoms with E-state index in [0.29, 0.717) is 11.9 Å². The van der Waals surface area contributed by atoms with E-state index in [0.717, 1.165) is 0 Å². The van der Waals surface area contributed by atoms with Gasteiger partial charge in [-0.15, -0.1) is 0 Å².